The van der Waals surface area contributed by atoms with Crippen LogP contribution in [0.4, 0.5) is 9.18 Å². The van der Waals surface area contributed by atoms with E-state index in [1.54, 1.807) is 18.3 Å². The molecule has 0 radical (unpaired) electrons. The second-order valence-electron chi connectivity index (χ2n) is 6.59. The van der Waals surface area contributed by atoms with E-state index in [4.69, 9.17) is 0 Å². The first-order valence-corrected chi connectivity index (χ1v) is 8.81. The van der Waals surface area contributed by atoms with Crippen LogP contribution in [0, 0.1) is 5.82 Å². The summed E-state index contributed by atoms with van der Waals surface area (Å²) in [4.78, 5) is 30.4. The highest BCUT2D eigenvalue weighted by molar-refractivity contribution is 6.04. The minimum absolute atomic E-state index is 0.00221. The van der Waals surface area contributed by atoms with Gasteiger partial charge in [-0.05, 0) is 36.6 Å². The van der Waals surface area contributed by atoms with Gasteiger partial charge in [-0.3, -0.25) is 14.7 Å². The van der Waals surface area contributed by atoms with Crippen LogP contribution in [0.15, 0.2) is 60.8 Å². The number of amides is 3. The lowest BCUT2D eigenvalue weighted by Gasteiger charge is -2.14. The van der Waals surface area contributed by atoms with Crippen LogP contribution in [0.1, 0.15) is 17.5 Å². The van der Waals surface area contributed by atoms with Crippen molar-refractivity contribution < 1.29 is 14.0 Å². The third-order valence-corrected chi connectivity index (χ3v) is 4.75. The van der Waals surface area contributed by atoms with E-state index in [2.05, 4.69) is 10.3 Å². The Morgan fingerprint density at radius 1 is 1.07 bits per heavy atom. The predicted octanol–water partition coefficient (Wildman–Crippen LogP) is 3.43. The summed E-state index contributed by atoms with van der Waals surface area (Å²) in [6.07, 6.45) is 2.82. The van der Waals surface area contributed by atoms with E-state index >= 15 is 0 Å². The summed E-state index contributed by atoms with van der Waals surface area (Å²) in [7, 11) is 0. The fourth-order valence-electron chi connectivity index (χ4n) is 3.40. The Morgan fingerprint density at radius 3 is 2.70 bits per heavy atom. The topological polar surface area (TPSA) is 62.3 Å². The van der Waals surface area contributed by atoms with E-state index in [9.17, 15) is 14.0 Å². The predicted molar refractivity (Wildman–Crippen MR) is 99.3 cm³/mol. The molecule has 1 saturated heterocycles. The van der Waals surface area contributed by atoms with Crippen molar-refractivity contribution in [2.24, 2.45) is 0 Å². The molecule has 1 N–H and O–H groups in total. The van der Waals surface area contributed by atoms with E-state index in [1.165, 1.54) is 12.1 Å². The van der Waals surface area contributed by atoms with Gasteiger partial charge in [0.05, 0.1) is 12.1 Å². The third-order valence-electron chi connectivity index (χ3n) is 4.75. The molecule has 5 nitrogen and oxygen atoms in total. The molecule has 0 saturated carbocycles. The Bertz CT molecular complexity index is 1010. The molecule has 1 unspecified atom stereocenters. The van der Waals surface area contributed by atoms with E-state index < -0.39 is 17.9 Å². The largest absolute Gasteiger partial charge is 0.326 e. The maximum atomic E-state index is 13.9. The molecule has 136 valence electrons. The number of imide groups is 1. The summed E-state index contributed by atoms with van der Waals surface area (Å²) in [6, 6.07) is 15.0. The van der Waals surface area contributed by atoms with E-state index in [0.717, 1.165) is 10.5 Å². The summed E-state index contributed by atoms with van der Waals surface area (Å²) in [6.45, 7) is -0.00221. The second-order valence-corrected chi connectivity index (χ2v) is 6.59. The number of urea groups is 1. The molecule has 2 aromatic carbocycles. The minimum atomic E-state index is -0.564. The Morgan fingerprint density at radius 2 is 1.89 bits per heavy atom. The number of nitrogens with zero attached hydrogens (tertiary/aromatic N) is 2. The normalized spacial score (nSPS) is 16.8. The first-order chi connectivity index (χ1) is 13.1. The van der Waals surface area contributed by atoms with Crippen LogP contribution in [0.3, 0.4) is 0 Å². The van der Waals surface area contributed by atoms with Crippen LogP contribution in [0.2, 0.25) is 0 Å². The summed E-state index contributed by atoms with van der Waals surface area (Å²) >= 11 is 0. The molecule has 3 aromatic rings. The Hall–Kier alpha value is -3.28. The molecule has 4 rings (SSSR count). The first-order valence-electron chi connectivity index (χ1n) is 8.81. The number of hydrogen-bond acceptors (Lipinski definition) is 3. The highest BCUT2D eigenvalue weighted by Crippen LogP contribution is 2.22. The lowest BCUT2D eigenvalue weighted by Crippen LogP contribution is -2.31. The van der Waals surface area contributed by atoms with Gasteiger partial charge in [-0.15, -0.1) is 0 Å². The average molecular weight is 363 g/mol. The van der Waals surface area contributed by atoms with Gasteiger partial charge in [-0.2, -0.15) is 0 Å². The van der Waals surface area contributed by atoms with Gasteiger partial charge in [0.2, 0.25) is 0 Å². The fraction of sp³-hybridized carbons (Fsp3) is 0.190. The number of pyridine rings is 1. The number of hydrogen-bond donors (Lipinski definition) is 1. The number of carbonyl (C=O) groups excluding carboxylic acids is 2. The van der Waals surface area contributed by atoms with Crippen molar-refractivity contribution >= 4 is 22.8 Å². The van der Waals surface area contributed by atoms with Crippen LogP contribution in [-0.4, -0.2) is 27.9 Å². The molecule has 3 amide bonds. The zero-order valence-corrected chi connectivity index (χ0v) is 14.6. The molecule has 1 fully saturated rings. The quantitative estimate of drug-likeness (QED) is 0.707. The number of halogens is 1. The Balaban J connectivity index is 1.51. The van der Waals surface area contributed by atoms with Crippen LogP contribution in [-0.2, 0) is 17.8 Å². The zero-order chi connectivity index (χ0) is 18.8. The highest BCUT2D eigenvalue weighted by Gasteiger charge is 2.37. The maximum Gasteiger partial charge on any atom is 0.325 e. The summed E-state index contributed by atoms with van der Waals surface area (Å²) in [5.41, 5.74) is 2.21. The smallest absolute Gasteiger partial charge is 0.325 e. The summed E-state index contributed by atoms with van der Waals surface area (Å²) in [5, 5.41) is 3.37. The van der Waals surface area contributed by atoms with Crippen molar-refractivity contribution in [3.05, 3.63) is 77.7 Å². The molecule has 0 spiro atoms. The number of nitrogens with one attached hydrogen (secondary N) is 1. The monoisotopic (exact) mass is 363 g/mol. The molecule has 1 aliphatic heterocycles. The first kappa shape index (κ1) is 17.1. The van der Waals surface area contributed by atoms with Crippen molar-refractivity contribution in [1.82, 2.24) is 15.2 Å². The van der Waals surface area contributed by atoms with Gasteiger partial charge in [0, 0.05) is 17.1 Å². The molecule has 2 heterocycles. The molecule has 0 aliphatic carbocycles. The van der Waals surface area contributed by atoms with Crippen LogP contribution < -0.4 is 5.32 Å². The summed E-state index contributed by atoms with van der Waals surface area (Å²) in [5.74, 6) is -0.706. The van der Waals surface area contributed by atoms with Crippen molar-refractivity contribution in [1.29, 1.82) is 0 Å². The molecular formula is C21H18FN3O2. The second kappa shape index (κ2) is 7.15. The minimum Gasteiger partial charge on any atom is -0.326 e. The number of rotatable bonds is 5. The van der Waals surface area contributed by atoms with Crippen molar-refractivity contribution in [2.75, 3.05) is 0 Å². The van der Waals surface area contributed by atoms with Crippen molar-refractivity contribution in [3.8, 4) is 0 Å². The van der Waals surface area contributed by atoms with Gasteiger partial charge in [-0.1, -0.05) is 36.4 Å². The van der Waals surface area contributed by atoms with Gasteiger partial charge >= 0.3 is 6.03 Å². The van der Waals surface area contributed by atoms with Crippen molar-refractivity contribution in [2.45, 2.75) is 25.4 Å². The molecule has 6 heteroatoms. The molecule has 27 heavy (non-hydrogen) atoms. The van der Waals surface area contributed by atoms with Crippen LogP contribution in [0.25, 0.3) is 10.9 Å². The van der Waals surface area contributed by atoms with Crippen molar-refractivity contribution in [3.63, 3.8) is 0 Å². The molecule has 1 atom stereocenters. The van der Waals surface area contributed by atoms with Gasteiger partial charge in [0.1, 0.15) is 11.9 Å². The van der Waals surface area contributed by atoms with Gasteiger partial charge in [-0.25, -0.2) is 9.18 Å². The van der Waals surface area contributed by atoms with E-state index in [-0.39, 0.29) is 12.5 Å². The highest BCUT2D eigenvalue weighted by atomic mass is 19.1. The van der Waals surface area contributed by atoms with Gasteiger partial charge < -0.3 is 5.32 Å². The van der Waals surface area contributed by atoms with Gasteiger partial charge in [0.25, 0.3) is 5.91 Å². The molecule has 1 aromatic heterocycles. The number of aromatic nitrogens is 1. The number of fused-ring (bicyclic) bond motifs is 1. The number of carbonyl (C=O) groups is 2. The van der Waals surface area contributed by atoms with E-state index in [1.807, 2.05) is 30.3 Å². The average Bonchev–Trinajstić information content (AvgIpc) is 2.94. The van der Waals surface area contributed by atoms with Crippen LogP contribution >= 0.6 is 0 Å². The SMILES string of the molecule is O=C1NC(CCc2ccccc2)C(=O)N1Cc1cc(F)cc2cccnc12. The van der Waals surface area contributed by atoms with Gasteiger partial charge in [0.15, 0.2) is 0 Å². The third kappa shape index (κ3) is 3.51. The lowest BCUT2D eigenvalue weighted by molar-refractivity contribution is -0.128. The molecular weight excluding hydrogens is 345 g/mol. The van der Waals surface area contributed by atoms with E-state index in [0.29, 0.717) is 29.3 Å². The number of benzene rings is 2. The summed E-state index contributed by atoms with van der Waals surface area (Å²) < 4.78 is 13.9. The zero-order valence-electron chi connectivity index (χ0n) is 14.6. The Kier molecular flexibility index (Phi) is 4.54. The van der Waals surface area contributed by atoms with Crippen LogP contribution in [0.5, 0.6) is 0 Å². The Labute approximate surface area is 155 Å². The lowest BCUT2D eigenvalue weighted by atomic mass is 10.0. The molecule has 0 bridgehead atoms. The standard InChI is InChI=1S/C21H18FN3O2/c22-17-11-15-7-4-10-23-19(15)16(12-17)13-25-20(26)18(24-21(25)27)9-8-14-5-2-1-3-6-14/h1-7,10-12,18H,8-9,13H2,(H,24,27). The molecule has 1 aliphatic rings. The number of aryl methyl sites for hydroxylation is 1. The maximum absolute atomic E-state index is 13.9. The fourth-order valence-corrected chi connectivity index (χ4v) is 3.40.